The average Bonchev–Trinajstić information content (AvgIpc) is 3.19. The summed E-state index contributed by atoms with van der Waals surface area (Å²) in [6.45, 7) is 0. The summed E-state index contributed by atoms with van der Waals surface area (Å²) in [5.41, 5.74) is 1.93. The predicted molar refractivity (Wildman–Crippen MR) is 74.9 cm³/mol. The van der Waals surface area contributed by atoms with Gasteiger partial charge in [-0.05, 0) is 35.0 Å². The number of oxazole rings is 2. The third-order valence-electron chi connectivity index (χ3n) is 3.20. The second-order valence-electron chi connectivity index (χ2n) is 4.45. The van der Waals surface area contributed by atoms with Gasteiger partial charge in [0.15, 0.2) is 0 Å². The first kappa shape index (κ1) is 11.0. The topological polar surface area (TPSA) is 52.1 Å². The molecule has 0 bridgehead atoms. The Balaban J connectivity index is 1.83. The van der Waals surface area contributed by atoms with Crippen LogP contribution in [0.3, 0.4) is 0 Å². The molecule has 0 spiro atoms. The molecule has 0 amide bonds. The number of hydrogen-bond donors (Lipinski definition) is 0. The predicted octanol–water partition coefficient (Wildman–Crippen LogP) is 4.15. The van der Waals surface area contributed by atoms with E-state index in [0.29, 0.717) is 11.8 Å². The summed E-state index contributed by atoms with van der Waals surface area (Å²) in [4.78, 5) is 8.32. The number of benzene rings is 2. The Bertz CT molecular complexity index is 776. The Morgan fingerprint density at radius 2 is 1.15 bits per heavy atom. The SMILES string of the molecule is c1coc(-c2ccc3cc(-c4ncco4)ccc3c2)n1. The smallest absolute Gasteiger partial charge is 0.225 e. The Labute approximate surface area is 114 Å². The van der Waals surface area contributed by atoms with E-state index >= 15 is 0 Å². The molecule has 0 saturated heterocycles. The van der Waals surface area contributed by atoms with Crippen molar-refractivity contribution in [3.63, 3.8) is 0 Å². The van der Waals surface area contributed by atoms with E-state index in [1.165, 1.54) is 0 Å². The Kier molecular flexibility index (Phi) is 2.39. The highest BCUT2D eigenvalue weighted by molar-refractivity contribution is 5.89. The highest BCUT2D eigenvalue weighted by Gasteiger charge is 2.06. The van der Waals surface area contributed by atoms with E-state index in [4.69, 9.17) is 8.83 Å². The summed E-state index contributed by atoms with van der Waals surface area (Å²) in [5, 5.41) is 2.24. The van der Waals surface area contributed by atoms with E-state index in [9.17, 15) is 0 Å². The molecular formula is C16H10N2O2. The van der Waals surface area contributed by atoms with Gasteiger partial charge in [-0.1, -0.05) is 12.1 Å². The Morgan fingerprint density at radius 3 is 1.55 bits per heavy atom. The molecule has 0 aliphatic carbocycles. The first-order valence-corrected chi connectivity index (χ1v) is 6.24. The van der Waals surface area contributed by atoms with Gasteiger partial charge in [0.05, 0.1) is 12.4 Å². The third kappa shape index (κ3) is 1.78. The van der Waals surface area contributed by atoms with Gasteiger partial charge in [0, 0.05) is 11.1 Å². The zero-order valence-corrected chi connectivity index (χ0v) is 10.5. The van der Waals surface area contributed by atoms with E-state index in [1.54, 1.807) is 24.9 Å². The van der Waals surface area contributed by atoms with Gasteiger partial charge in [-0.25, -0.2) is 9.97 Å². The van der Waals surface area contributed by atoms with Gasteiger partial charge in [-0.2, -0.15) is 0 Å². The second-order valence-corrected chi connectivity index (χ2v) is 4.45. The van der Waals surface area contributed by atoms with Crippen LogP contribution < -0.4 is 0 Å². The average molecular weight is 262 g/mol. The lowest BCUT2D eigenvalue weighted by atomic mass is 10.0. The van der Waals surface area contributed by atoms with E-state index in [2.05, 4.69) is 22.1 Å². The Hall–Kier alpha value is -2.88. The largest absolute Gasteiger partial charge is 0.445 e. The molecule has 2 heterocycles. The fourth-order valence-electron chi connectivity index (χ4n) is 2.24. The molecule has 0 unspecified atom stereocenters. The maximum Gasteiger partial charge on any atom is 0.225 e. The van der Waals surface area contributed by atoms with Crippen LogP contribution in [-0.2, 0) is 0 Å². The van der Waals surface area contributed by atoms with Crippen molar-refractivity contribution in [1.29, 1.82) is 0 Å². The van der Waals surface area contributed by atoms with Crippen LogP contribution in [-0.4, -0.2) is 9.97 Å². The molecule has 4 heteroatoms. The number of fused-ring (bicyclic) bond motifs is 1. The van der Waals surface area contributed by atoms with Crippen molar-refractivity contribution in [1.82, 2.24) is 9.97 Å². The molecule has 20 heavy (non-hydrogen) atoms. The zero-order valence-electron chi connectivity index (χ0n) is 10.5. The molecule has 4 aromatic rings. The molecule has 0 fully saturated rings. The summed E-state index contributed by atoms with van der Waals surface area (Å²) in [5.74, 6) is 1.26. The number of hydrogen-bond acceptors (Lipinski definition) is 4. The standard InChI is InChI=1S/C16H10N2O2/c1-3-13(15-17-5-7-19-15)10-12-2-4-14(9-11(1)12)16-18-6-8-20-16/h1-10H. The van der Waals surface area contributed by atoms with Crippen LogP contribution in [0.25, 0.3) is 33.7 Å². The highest BCUT2D eigenvalue weighted by Crippen LogP contribution is 2.27. The minimum absolute atomic E-state index is 0.628. The third-order valence-corrected chi connectivity index (χ3v) is 3.20. The van der Waals surface area contributed by atoms with Crippen molar-refractivity contribution in [2.75, 3.05) is 0 Å². The molecule has 4 rings (SSSR count). The van der Waals surface area contributed by atoms with Crippen LogP contribution in [0.1, 0.15) is 0 Å². The van der Waals surface area contributed by atoms with E-state index in [1.807, 2.05) is 24.3 Å². The van der Waals surface area contributed by atoms with Crippen molar-refractivity contribution in [3.8, 4) is 22.9 Å². The van der Waals surface area contributed by atoms with Gasteiger partial charge in [0.25, 0.3) is 0 Å². The molecule has 0 radical (unpaired) electrons. The van der Waals surface area contributed by atoms with Crippen molar-refractivity contribution in [3.05, 3.63) is 61.3 Å². The van der Waals surface area contributed by atoms with Crippen molar-refractivity contribution < 1.29 is 8.83 Å². The molecule has 0 saturated carbocycles. The number of rotatable bonds is 2. The fraction of sp³-hybridized carbons (Fsp3) is 0. The minimum Gasteiger partial charge on any atom is -0.445 e. The van der Waals surface area contributed by atoms with Crippen LogP contribution in [0.5, 0.6) is 0 Å². The number of nitrogens with zero attached hydrogens (tertiary/aromatic N) is 2. The quantitative estimate of drug-likeness (QED) is 0.544. The Morgan fingerprint density at radius 1 is 0.650 bits per heavy atom. The van der Waals surface area contributed by atoms with Gasteiger partial charge >= 0.3 is 0 Å². The summed E-state index contributed by atoms with van der Waals surface area (Å²) in [7, 11) is 0. The highest BCUT2D eigenvalue weighted by atomic mass is 16.3. The summed E-state index contributed by atoms with van der Waals surface area (Å²) < 4.78 is 10.6. The second kappa shape index (κ2) is 4.35. The van der Waals surface area contributed by atoms with Crippen molar-refractivity contribution in [2.24, 2.45) is 0 Å². The first-order chi connectivity index (χ1) is 9.90. The molecule has 0 N–H and O–H groups in total. The molecule has 0 atom stereocenters. The van der Waals surface area contributed by atoms with Crippen molar-refractivity contribution >= 4 is 10.8 Å². The van der Waals surface area contributed by atoms with Gasteiger partial charge in [0.1, 0.15) is 12.5 Å². The first-order valence-electron chi connectivity index (χ1n) is 6.24. The van der Waals surface area contributed by atoms with E-state index in [-0.39, 0.29) is 0 Å². The van der Waals surface area contributed by atoms with Gasteiger partial charge in [-0.15, -0.1) is 0 Å². The molecule has 2 aromatic heterocycles. The zero-order chi connectivity index (χ0) is 13.4. The van der Waals surface area contributed by atoms with Crippen LogP contribution in [0.2, 0.25) is 0 Å². The normalized spacial score (nSPS) is 11.0. The van der Waals surface area contributed by atoms with Crippen LogP contribution in [0.15, 0.2) is 70.2 Å². The molecule has 96 valence electrons. The van der Waals surface area contributed by atoms with Gasteiger partial charge < -0.3 is 8.83 Å². The van der Waals surface area contributed by atoms with E-state index < -0.39 is 0 Å². The monoisotopic (exact) mass is 262 g/mol. The summed E-state index contributed by atoms with van der Waals surface area (Å²) in [6, 6.07) is 12.2. The van der Waals surface area contributed by atoms with Crippen molar-refractivity contribution in [2.45, 2.75) is 0 Å². The van der Waals surface area contributed by atoms with Gasteiger partial charge in [0.2, 0.25) is 11.8 Å². The maximum absolute atomic E-state index is 5.31. The molecule has 0 aliphatic rings. The lowest BCUT2D eigenvalue weighted by Crippen LogP contribution is -1.81. The number of aromatic nitrogens is 2. The lowest BCUT2D eigenvalue weighted by Gasteiger charge is -2.02. The molecular weight excluding hydrogens is 252 g/mol. The maximum atomic E-state index is 5.31. The fourth-order valence-corrected chi connectivity index (χ4v) is 2.24. The summed E-state index contributed by atoms with van der Waals surface area (Å²) >= 11 is 0. The van der Waals surface area contributed by atoms with Crippen LogP contribution >= 0.6 is 0 Å². The van der Waals surface area contributed by atoms with Gasteiger partial charge in [-0.3, -0.25) is 0 Å². The lowest BCUT2D eigenvalue weighted by molar-refractivity contribution is 0.574. The molecule has 2 aromatic carbocycles. The molecule has 0 aliphatic heterocycles. The molecule has 4 nitrogen and oxygen atoms in total. The summed E-state index contributed by atoms with van der Waals surface area (Å²) in [6.07, 6.45) is 6.44. The minimum atomic E-state index is 0.628. The van der Waals surface area contributed by atoms with Crippen LogP contribution in [0, 0.1) is 0 Å². The van der Waals surface area contributed by atoms with E-state index in [0.717, 1.165) is 21.9 Å². The van der Waals surface area contributed by atoms with Crippen LogP contribution in [0.4, 0.5) is 0 Å².